The Morgan fingerprint density at radius 1 is 1.42 bits per heavy atom. The number of aromatic nitrogens is 1. The van der Waals surface area contributed by atoms with Gasteiger partial charge in [-0.05, 0) is 37.6 Å². The monoisotopic (exact) mass is 279 g/mol. The number of rotatable bonds is 5. The molecule has 2 fully saturated rings. The summed E-state index contributed by atoms with van der Waals surface area (Å²) in [5, 5.41) is 4.73. The molecule has 4 heteroatoms. The van der Waals surface area contributed by atoms with Crippen LogP contribution in [0.5, 0.6) is 0 Å². The zero-order chi connectivity index (χ0) is 13.4. The van der Waals surface area contributed by atoms with Crippen LogP contribution in [0.1, 0.15) is 56.5 Å². The number of hydrogen-bond acceptors (Lipinski definition) is 4. The van der Waals surface area contributed by atoms with Gasteiger partial charge in [0.2, 0.25) is 0 Å². The van der Waals surface area contributed by atoms with E-state index in [-0.39, 0.29) is 0 Å². The molecule has 2 unspecified atom stereocenters. The van der Waals surface area contributed by atoms with E-state index in [1.165, 1.54) is 41.5 Å². The lowest BCUT2D eigenvalue weighted by atomic mass is 10.1. The number of nitrogens with zero attached hydrogens (tertiary/aromatic N) is 2. The van der Waals surface area contributed by atoms with Crippen LogP contribution in [0.3, 0.4) is 0 Å². The molecule has 0 aromatic carbocycles. The van der Waals surface area contributed by atoms with E-state index in [1.807, 2.05) is 11.3 Å². The number of anilines is 1. The van der Waals surface area contributed by atoms with E-state index in [1.54, 1.807) is 0 Å². The molecule has 0 radical (unpaired) electrons. The molecule has 0 spiro atoms. The first-order chi connectivity index (χ1) is 9.19. The second-order valence-electron chi connectivity index (χ2n) is 6.23. The maximum atomic E-state index is 4.97. The van der Waals surface area contributed by atoms with Gasteiger partial charge in [-0.2, -0.15) is 0 Å². The van der Waals surface area contributed by atoms with Crippen LogP contribution in [0.2, 0.25) is 0 Å². The molecule has 1 aliphatic heterocycles. The van der Waals surface area contributed by atoms with E-state index in [2.05, 4.69) is 31.0 Å². The smallest absolute Gasteiger partial charge is 0.186 e. The standard InChI is InChI=1S/C15H25N3S/c1-4-16-8-13-14(10(2)3)17-15(19-13)18-9-11-5-6-12(18)7-11/h10-12,16H,4-9H2,1-3H3. The van der Waals surface area contributed by atoms with Crippen molar-refractivity contribution >= 4 is 16.5 Å². The molecule has 106 valence electrons. The molecule has 2 heterocycles. The average Bonchev–Trinajstić information content (AvgIpc) is 3.09. The van der Waals surface area contributed by atoms with Crippen LogP contribution >= 0.6 is 11.3 Å². The minimum absolute atomic E-state index is 0.526. The number of piperidine rings is 1. The fraction of sp³-hybridized carbons (Fsp3) is 0.800. The summed E-state index contributed by atoms with van der Waals surface area (Å²) >= 11 is 1.92. The Kier molecular flexibility index (Phi) is 3.81. The summed E-state index contributed by atoms with van der Waals surface area (Å²) in [6.45, 7) is 9.92. The molecule has 1 saturated heterocycles. The van der Waals surface area contributed by atoms with Crippen LogP contribution in [0.25, 0.3) is 0 Å². The molecule has 2 aliphatic rings. The summed E-state index contributed by atoms with van der Waals surface area (Å²) in [5.41, 5.74) is 1.31. The molecular weight excluding hydrogens is 254 g/mol. The average molecular weight is 279 g/mol. The van der Waals surface area contributed by atoms with Crippen molar-refractivity contribution < 1.29 is 0 Å². The summed E-state index contributed by atoms with van der Waals surface area (Å²) in [6, 6.07) is 0.781. The molecule has 1 aromatic rings. The SMILES string of the molecule is CCNCc1sc(N2CC3CCC2C3)nc1C(C)C. The lowest BCUT2D eigenvalue weighted by molar-refractivity contribution is 0.552. The molecule has 1 N–H and O–H groups in total. The Morgan fingerprint density at radius 3 is 2.84 bits per heavy atom. The first-order valence-electron chi connectivity index (χ1n) is 7.66. The van der Waals surface area contributed by atoms with Gasteiger partial charge in [-0.3, -0.25) is 0 Å². The highest BCUT2D eigenvalue weighted by atomic mass is 32.1. The predicted octanol–water partition coefficient (Wildman–Crippen LogP) is 3.36. The molecule has 1 aromatic heterocycles. The van der Waals surface area contributed by atoms with Crippen LogP contribution in [-0.2, 0) is 6.54 Å². The minimum atomic E-state index is 0.526. The van der Waals surface area contributed by atoms with E-state index in [0.29, 0.717) is 5.92 Å². The fourth-order valence-electron chi connectivity index (χ4n) is 3.45. The van der Waals surface area contributed by atoms with Gasteiger partial charge in [-0.1, -0.05) is 20.8 Å². The van der Waals surface area contributed by atoms with Gasteiger partial charge >= 0.3 is 0 Å². The maximum absolute atomic E-state index is 4.97. The van der Waals surface area contributed by atoms with E-state index in [4.69, 9.17) is 4.98 Å². The number of nitrogens with one attached hydrogen (secondary N) is 1. The van der Waals surface area contributed by atoms with Gasteiger partial charge in [0.05, 0.1) is 5.69 Å². The zero-order valence-electron chi connectivity index (χ0n) is 12.3. The third-order valence-electron chi connectivity index (χ3n) is 4.45. The number of thiazole rings is 1. The predicted molar refractivity (Wildman–Crippen MR) is 82.1 cm³/mol. The first-order valence-corrected chi connectivity index (χ1v) is 8.47. The Hall–Kier alpha value is -0.610. The normalized spacial score (nSPS) is 25.8. The molecule has 3 rings (SSSR count). The van der Waals surface area contributed by atoms with Crippen LogP contribution in [-0.4, -0.2) is 24.1 Å². The van der Waals surface area contributed by atoms with Gasteiger partial charge < -0.3 is 10.2 Å². The van der Waals surface area contributed by atoms with Crippen molar-refractivity contribution in [1.29, 1.82) is 0 Å². The van der Waals surface area contributed by atoms with Gasteiger partial charge in [0.25, 0.3) is 0 Å². The van der Waals surface area contributed by atoms with Crippen LogP contribution in [0.15, 0.2) is 0 Å². The van der Waals surface area contributed by atoms with Crippen molar-refractivity contribution in [2.75, 3.05) is 18.0 Å². The molecule has 1 aliphatic carbocycles. The summed E-state index contributed by atoms with van der Waals surface area (Å²) in [5.74, 6) is 1.46. The van der Waals surface area contributed by atoms with Gasteiger partial charge in [-0.15, -0.1) is 11.3 Å². The highest BCUT2D eigenvalue weighted by molar-refractivity contribution is 7.15. The molecule has 19 heavy (non-hydrogen) atoms. The lowest BCUT2D eigenvalue weighted by Crippen LogP contribution is -2.31. The minimum Gasteiger partial charge on any atom is -0.345 e. The van der Waals surface area contributed by atoms with Gasteiger partial charge in [0.1, 0.15) is 0 Å². The summed E-state index contributed by atoms with van der Waals surface area (Å²) < 4.78 is 0. The number of fused-ring (bicyclic) bond motifs is 2. The summed E-state index contributed by atoms with van der Waals surface area (Å²) in [7, 11) is 0. The van der Waals surface area contributed by atoms with Crippen molar-refractivity contribution in [3.8, 4) is 0 Å². The first kappa shape index (κ1) is 13.4. The zero-order valence-corrected chi connectivity index (χ0v) is 13.1. The third-order valence-corrected chi connectivity index (χ3v) is 5.56. The van der Waals surface area contributed by atoms with E-state index in [0.717, 1.165) is 25.0 Å². The van der Waals surface area contributed by atoms with Crippen molar-refractivity contribution in [2.24, 2.45) is 5.92 Å². The largest absolute Gasteiger partial charge is 0.345 e. The maximum Gasteiger partial charge on any atom is 0.186 e. The van der Waals surface area contributed by atoms with Gasteiger partial charge in [-0.25, -0.2) is 4.98 Å². The molecule has 0 amide bonds. The van der Waals surface area contributed by atoms with Gasteiger partial charge in [0, 0.05) is 24.0 Å². The van der Waals surface area contributed by atoms with Crippen molar-refractivity contribution in [2.45, 2.75) is 58.5 Å². The van der Waals surface area contributed by atoms with Crippen LogP contribution in [0.4, 0.5) is 5.13 Å². The summed E-state index contributed by atoms with van der Waals surface area (Å²) in [6.07, 6.45) is 4.22. The highest BCUT2D eigenvalue weighted by Gasteiger charge is 2.39. The topological polar surface area (TPSA) is 28.2 Å². The molecular formula is C15H25N3S. The quantitative estimate of drug-likeness (QED) is 0.896. The van der Waals surface area contributed by atoms with Crippen molar-refractivity contribution in [1.82, 2.24) is 10.3 Å². The molecule has 1 saturated carbocycles. The summed E-state index contributed by atoms with van der Waals surface area (Å²) in [4.78, 5) is 8.99. The fourth-order valence-corrected chi connectivity index (χ4v) is 4.71. The Bertz CT molecular complexity index is 441. The highest BCUT2D eigenvalue weighted by Crippen LogP contribution is 2.42. The Balaban J connectivity index is 1.82. The number of hydrogen-bond donors (Lipinski definition) is 1. The second kappa shape index (κ2) is 5.41. The van der Waals surface area contributed by atoms with Crippen molar-refractivity contribution in [3.05, 3.63) is 10.6 Å². The molecule has 2 atom stereocenters. The van der Waals surface area contributed by atoms with Crippen LogP contribution in [0, 0.1) is 5.92 Å². The second-order valence-corrected chi connectivity index (χ2v) is 7.29. The van der Waals surface area contributed by atoms with E-state index < -0.39 is 0 Å². The Labute approximate surface area is 120 Å². The lowest BCUT2D eigenvalue weighted by Gasteiger charge is -2.26. The molecule has 3 nitrogen and oxygen atoms in total. The van der Waals surface area contributed by atoms with E-state index in [9.17, 15) is 0 Å². The van der Waals surface area contributed by atoms with Crippen molar-refractivity contribution in [3.63, 3.8) is 0 Å². The van der Waals surface area contributed by atoms with Gasteiger partial charge in [0.15, 0.2) is 5.13 Å². The Morgan fingerprint density at radius 2 is 2.26 bits per heavy atom. The van der Waals surface area contributed by atoms with E-state index >= 15 is 0 Å². The third kappa shape index (κ3) is 2.52. The molecule has 2 bridgehead atoms. The van der Waals surface area contributed by atoms with Crippen LogP contribution < -0.4 is 10.2 Å².